The minimum atomic E-state index is -0.0981. The average molecular weight is 282 g/mol. The van der Waals surface area contributed by atoms with Gasteiger partial charge in [-0.3, -0.25) is 5.10 Å². The van der Waals surface area contributed by atoms with Crippen molar-refractivity contribution in [2.24, 2.45) is 0 Å². The third-order valence-electron chi connectivity index (χ3n) is 2.90. The van der Waals surface area contributed by atoms with Gasteiger partial charge >= 0.3 is 0 Å². The summed E-state index contributed by atoms with van der Waals surface area (Å²) in [5.41, 5.74) is 6.72. The lowest BCUT2D eigenvalue weighted by molar-refractivity contribution is 0.297. The minimum absolute atomic E-state index is 0.0981. The number of benzene rings is 1. The van der Waals surface area contributed by atoms with E-state index < -0.39 is 0 Å². The summed E-state index contributed by atoms with van der Waals surface area (Å²) in [6.45, 7) is 1.03. The van der Waals surface area contributed by atoms with Crippen molar-refractivity contribution < 1.29 is 14.6 Å². The summed E-state index contributed by atoms with van der Waals surface area (Å²) in [5.74, 6) is 1.16. The van der Waals surface area contributed by atoms with Crippen LogP contribution < -0.4 is 15.2 Å². The van der Waals surface area contributed by atoms with Crippen LogP contribution >= 0.6 is 11.6 Å². The zero-order valence-electron chi connectivity index (χ0n) is 9.94. The topological polar surface area (TPSA) is 93.4 Å². The van der Waals surface area contributed by atoms with Gasteiger partial charge in [0.1, 0.15) is 11.6 Å². The van der Waals surface area contributed by atoms with Crippen LogP contribution in [-0.4, -0.2) is 28.5 Å². The standard InChI is InChI=1S/C12H12ClN3O3/c13-7-4-8-11(19-3-1-2-18-8)9(10(7)17)6-5-15-16-12(6)14/h4-5,17H,1-3H2,(H3,14,15,16). The molecule has 2 heterocycles. The molecule has 7 heteroatoms. The molecule has 0 atom stereocenters. The van der Waals surface area contributed by atoms with Crippen molar-refractivity contribution >= 4 is 17.4 Å². The summed E-state index contributed by atoms with van der Waals surface area (Å²) >= 11 is 6.02. The molecule has 0 bridgehead atoms. The highest BCUT2D eigenvalue weighted by Crippen LogP contribution is 2.49. The summed E-state index contributed by atoms with van der Waals surface area (Å²) in [7, 11) is 0. The van der Waals surface area contributed by atoms with E-state index in [-0.39, 0.29) is 10.8 Å². The molecule has 0 aliphatic carbocycles. The van der Waals surface area contributed by atoms with Gasteiger partial charge in [-0.15, -0.1) is 0 Å². The lowest BCUT2D eigenvalue weighted by Crippen LogP contribution is -1.98. The Morgan fingerprint density at radius 2 is 2.16 bits per heavy atom. The van der Waals surface area contributed by atoms with Crippen molar-refractivity contribution in [1.29, 1.82) is 0 Å². The Labute approximate surface area is 114 Å². The Bertz CT molecular complexity index is 627. The smallest absolute Gasteiger partial charge is 0.173 e. The fraction of sp³-hybridized carbons (Fsp3) is 0.250. The van der Waals surface area contributed by atoms with Crippen molar-refractivity contribution in [2.75, 3.05) is 18.9 Å². The highest BCUT2D eigenvalue weighted by atomic mass is 35.5. The summed E-state index contributed by atoms with van der Waals surface area (Å²) in [6, 6.07) is 1.54. The first-order chi connectivity index (χ1) is 9.18. The van der Waals surface area contributed by atoms with E-state index in [4.69, 9.17) is 26.8 Å². The maximum Gasteiger partial charge on any atom is 0.173 e. The van der Waals surface area contributed by atoms with E-state index in [2.05, 4.69) is 10.2 Å². The maximum absolute atomic E-state index is 10.2. The number of phenols is 1. The molecule has 1 aromatic heterocycles. The zero-order valence-corrected chi connectivity index (χ0v) is 10.7. The first-order valence-corrected chi connectivity index (χ1v) is 6.16. The van der Waals surface area contributed by atoms with Gasteiger partial charge in [-0.1, -0.05) is 11.6 Å². The number of H-pyrrole nitrogens is 1. The van der Waals surface area contributed by atoms with Crippen LogP contribution in [0.15, 0.2) is 12.3 Å². The molecular formula is C12H12ClN3O3. The number of aromatic nitrogens is 2. The van der Waals surface area contributed by atoms with E-state index in [0.29, 0.717) is 41.7 Å². The van der Waals surface area contributed by atoms with Gasteiger partial charge in [0.2, 0.25) is 0 Å². The Balaban J connectivity index is 2.27. The number of hydrogen-bond acceptors (Lipinski definition) is 5. The van der Waals surface area contributed by atoms with Crippen molar-refractivity contribution in [2.45, 2.75) is 6.42 Å². The second kappa shape index (κ2) is 4.55. The monoisotopic (exact) mass is 281 g/mol. The van der Waals surface area contributed by atoms with E-state index in [1.807, 2.05) is 0 Å². The maximum atomic E-state index is 10.2. The summed E-state index contributed by atoms with van der Waals surface area (Å²) in [6.07, 6.45) is 2.27. The van der Waals surface area contributed by atoms with Crippen LogP contribution in [0.3, 0.4) is 0 Å². The number of hydrogen-bond donors (Lipinski definition) is 3. The Morgan fingerprint density at radius 3 is 2.89 bits per heavy atom. The van der Waals surface area contributed by atoms with Crippen LogP contribution in [-0.2, 0) is 0 Å². The third kappa shape index (κ3) is 1.94. The average Bonchev–Trinajstić information content (AvgIpc) is 2.67. The number of anilines is 1. The van der Waals surface area contributed by atoms with Gasteiger partial charge < -0.3 is 20.3 Å². The molecule has 19 heavy (non-hydrogen) atoms. The van der Waals surface area contributed by atoms with Crippen LogP contribution in [0.4, 0.5) is 5.82 Å². The van der Waals surface area contributed by atoms with E-state index >= 15 is 0 Å². The molecule has 0 saturated heterocycles. The molecule has 3 rings (SSSR count). The molecular weight excluding hydrogens is 270 g/mol. The van der Waals surface area contributed by atoms with Gasteiger partial charge in [0.25, 0.3) is 0 Å². The molecule has 1 aliphatic rings. The number of rotatable bonds is 1. The van der Waals surface area contributed by atoms with Crippen molar-refractivity contribution in [3.05, 3.63) is 17.3 Å². The quantitative estimate of drug-likeness (QED) is 0.745. The van der Waals surface area contributed by atoms with Gasteiger partial charge in [-0.2, -0.15) is 5.10 Å². The second-order valence-corrected chi connectivity index (χ2v) is 4.56. The van der Waals surface area contributed by atoms with Gasteiger partial charge in [0, 0.05) is 12.5 Å². The number of nitrogens with one attached hydrogen (secondary N) is 1. The van der Waals surface area contributed by atoms with Gasteiger partial charge in [0.05, 0.1) is 35.6 Å². The fourth-order valence-electron chi connectivity index (χ4n) is 2.01. The van der Waals surface area contributed by atoms with Crippen LogP contribution in [0.25, 0.3) is 11.1 Å². The van der Waals surface area contributed by atoms with Crippen LogP contribution in [0, 0.1) is 0 Å². The first kappa shape index (κ1) is 12.0. The normalized spacial score (nSPS) is 14.2. The number of fused-ring (bicyclic) bond motifs is 1. The van der Waals surface area contributed by atoms with Crippen molar-refractivity contribution in [1.82, 2.24) is 10.2 Å². The molecule has 2 aromatic rings. The number of phenolic OH excluding ortho intramolecular Hbond substituents is 1. The lowest BCUT2D eigenvalue weighted by Gasteiger charge is -2.14. The Morgan fingerprint density at radius 1 is 1.37 bits per heavy atom. The summed E-state index contributed by atoms with van der Waals surface area (Å²) in [4.78, 5) is 0. The molecule has 1 aliphatic heterocycles. The van der Waals surface area contributed by atoms with Crippen LogP contribution in [0.5, 0.6) is 17.2 Å². The number of ether oxygens (including phenoxy) is 2. The molecule has 0 fully saturated rings. The molecule has 0 unspecified atom stereocenters. The number of nitrogen functional groups attached to an aromatic ring is 1. The van der Waals surface area contributed by atoms with Gasteiger partial charge in [-0.25, -0.2) is 0 Å². The van der Waals surface area contributed by atoms with Crippen LogP contribution in [0.2, 0.25) is 5.02 Å². The van der Waals surface area contributed by atoms with Crippen molar-refractivity contribution in [3.63, 3.8) is 0 Å². The van der Waals surface area contributed by atoms with E-state index in [9.17, 15) is 5.11 Å². The number of nitrogens with two attached hydrogens (primary N) is 1. The largest absolute Gasteiger partial charge is 0.506 e. The highest BCUT2D eigenvalue weighted by Gasteiger charge is 2.24. The molecule has 6 nitrogen and oxygen atoms in total. The molecule has 4 N–H and O–H groups in total. The van der Waals surface area contributed by atoms with E-state index in [1.54, 1.807) is 0 Å². The number of nitrogens with zero attached hydrogens (tertiary/aromatic N) is 1. The van der Waals surface area contributed by atoms with Crippen LogP contribution in [0.1, 0.15) is 6.42 Å². The molecule has 100 valence electrons. The molecule has 0 spiro atoms. The lowest BCUT2D eigenvalue weighted by atomic mass is 10.1. The van der Waals surface area contributed by atoms with Gasteiger partial charge in [-0.05, 0) is 0 Å². The van der Waals surface area contributed by atoms with Crippen molar-refractivity contribution in [3.8, 4) is 28.4 Å². The van der Waals surface area contributed by atoms with Gasteiger partial charge in [0.15, 0.2) is 11.5 Å². The number of aromatic hydroxyl groups is 1. The highest BCUT2D eigenvalue weighted by molar-refractivity contribution is 6.33. The zero-order chi connectivity index (χ0) is 13.4. The van der Waals surface area contributed by atoms with E-state index in [1.165, 1.54) is 12.3 Å². The summed E-state index contributed by atoms with van der Waals surface area (Å²) < 4.78 is 11.2. The molecule has 0 amide bonds. The second-order valence-electron chi connectivity index (χ2n) is 4.16. The fourth-order valence-corrected chi connectivity index (χ4v) is 2.20. The minimum Gasteiger partial charge on any atom is -0.506 e. The number of halogens is 1. The molecule has 0 saturated carbocycles. The number of aromatic amines is 1. The summed E-state index contributed by atoms with van der Waals surface area (Å²) in [5, 5.41) is 16.8. The SMILES string of the molecule is Nc1[nH]ncc1-c1c(O)c(Cl)cc2c1OCCCO2. The molecule has 0 radical (unpaired) electrons. The third-order valence-corrected chi connectivity index (χ3v) is 3.19. The molecule has 1 aromatic carbocycles. The predicted molar refractivity (Wildman–Crippen MR) is 70.7 cm³/mol. The van der Waals surface area contributed by atoms with E-state index in [0.717, 1.165) is 6.42 Å². The predicted octanol–water partition coefficient (Wildman–Crippen LogP) is 2.18. The Hall–Kier alpha value is -2.08. The Kier molecular flexibility index (Phi) is 2.87. The first-order valence-electron chi connectivity index (χ1n) is 5.78.